The van der Waals surface area contributed by atoms with Gasteiger partial charge in [-0.2, -0.15) is 0 Å². The average Bonchev–Trinajstić information content (AvgIpc) is 2.65. The van der Waals surface area contributed by atoms with Gasteiger partial charge in [0.05, 0.1) is 5.51 Å². The number of nitrogens with zero attached hydrogens (tertiary/aromatic N) is 2. The van der Waals surface area contributed by atoms with E-state index in [2.05, 4.69) is 9.71 Å². The smallest absolute Gasteiger partial charge is 0.356 e. The number of nitrogens with one attached hydrogen (secondary N) is 1. The van der Waals surface area contributed by atoms with Gasteiger partial charge in [0.25, 0.3) is 10.0 Å². The van der Waals surface area contributed by atoms with E-state index < -0.39 is 21.7 Å². The molecule has 0 aromatic carbocycles. The fraction of sp³-hybridized carbons (Fsp3) is 0.500. The zero-order valence-corrected chi connectivity index (χ0v) is 11.0. The Kier molecular flexibility index (Phi) is 4.57. The molecule has 1 heterocycles. The predicted molar refractivity (Wildman–Crippen MR) is 62.8 cm³/mol. The van der Waals surface area contributed by atoms with E-state index in [0.717, 1.165) is 11.3 Å². The highest BCUT2D eigenvalue weighted by Gasteiger charge is 2.25. The third-order valence-electron chi connectivity index (χ3n) is 1.83. The summed E-state index contributed by atoms with van der Waals surface area (Å²) < 4.78 is 25.6. The molecule has 0 spiro atoms. The molecule has 7 nitrogen and oxygen atoms in total. The van der Waals surface area contributed by atoms with Crippen LogP contribution in [0.4, 0.5) is 0 Å². The molecule has 2 N–H and O–H groups in total. The van der Waals surface area contributed by atoms with Gasteiger partial charge in [0.2, 0.25) is 0 Å². The van der Waals surface area contributed by atoms with Crippen molar-refractivity contribution in [2.24, 2.45) is 0 Å². The highest BCUT2D eigenvalue weighted by molar-refractivity contribution is 7.91. The highest BCUT2D eigenvalue weighted by atomic mass is 32.2. The molecule has 1 aromatic heterocycles. The molecule has 1 rings (SSSR count). The molecule has 0 saturated carbocycles. The van der Waals surface area contributed by atoms with Gasteiger partial charge in [0, 0.05) is 13.1 Å². The van der Waals surface area contributed by atoms with E-state index in [4.69, 9.17) is 5.11 Å². The van der Waals surface area contributed by atoms with Crippen molar-refractivity contribution >= 4 is 27.3 Å². The zero-order valence-electron chi connectivity index (χ0n) is 9.37. The first-order valence-electron chi connectivity index (χ1n) is 4.66. The molecular weight excluding hydrogens is 266 g/mol. The van der Waals surface area contributed by atoms with Gasteiger partial charge >= 0.3 is 5.97 Å². The second kappa shape index (κ2) is 5.54. The van der Waals surface area contributed by atoms with Crippen LogP contribution in [-0.4, -0.2) is 56.6 Å². The molecular formula is C8H13N3O4S2. The Bertz CT molecular complexity index is 495. The van der Waals surface area contributed by atoms with Crippen molar-refractivity contribution < 1.29 is 18.3 Å². The summed E-state index contributed by atoms with van der Waals surface area (Å²) in [6, 6.07) is 0. The fourth-order valence-electron chi connectivity index (χ4n) is 1.04. The van der Waals surface area contributed by atoms with Gasteiger partial charge in [-0.1, -0.05) is 0 Å². The number of hydrogen-bond acceptors (Lipinski definition) is 6. The lowest BCUT2D eigenvalue weighted by atomic mass is 10.5. The van der Waals surface area contributed by atoms with Crippen molar-refractivity contribution in [3.63, 3.8) is 0 Å². The lowest BCUT2D eigenvalue weighted by molar-refractivity contribution is 0.0687. The predicted octanol–water partition coefficient (Wildman–Crippen LogP) is -0.319. The first-order valence-corrected chi connectivity index (χ1v) is 7.02. The van der Waals surface area contributed by atoms with E-state index in [1.165, 1.54) is 5.51 Å². The van der Waals surface area contributed by atoms with Crippen molar-refractivity contribution in [1.82, 2.24) is 14.6 Å². The topological polar surface area (TPSA) is 99.6 Å². The quantitative estimate of drug-likeness (QED) is 0.740. The number of thiazole rings is 1. The molecule has 96 valence electrons. The van der Waals surface area contributed by atoms with E-state index in [1.54, 1.807) is 0 Å². The molecule has 0 aliphatic rings. The van der Waals surface area contributed by atoms with Crippen LogP contribution in [-0.2, 0) is 10.0 Å². The first-order chi connectivity index (χ1) is 7.84. The van der Waals surface area contributed by atoms with Crippen LogP contribution >= 0.6 is 11.3 Å². The third-order valence-corrected chi connectivity index (χ3v) is 4.66. The molecule has 0 aliphatic heterocycles. The Morgan fingerprint density at radius 1 is 1.59 bits per heavy atom. The second-order valence-electron chi connectivity index (χ2n) is 3.49. The second-order valence-corrected chi connectivity index (χ2v) is 6.31. The van der Waals surface area contributed by atoms with Gasteiger partial charge in [-0.15, -0.1) is 11.3 Å². The van der Waals surface area contributed by atoms with Crippen LogP contribution in [0.5, 0.6) is 0 Å². The summed E-state index contributed by atoms with van der Waals surface area (Å²) in [5.74, 6) is -1.35. The lowest BCUT2D eigenvalue weighted by Crippen LogP contribution is -2.31. The normalized spacial score (nSPS) is 11.9. The van der Waals surface area contributed by atoms with Crippen LogP contribution in [0.1, 0.15) is 10.5 Å². The molecule has 0 fully saturated rings. The molecule has 1 aromatic rings. The van der Waals surface area contributed by atoms with E-state index in [-0.39, 0.29) is 10.8 Å². The maximum absolute atomic E-state index is 11.8. The molecule has 0 unspecified atom stereocenters. The molecule has 9 heteroatoms. The maximum atomic E-state index is 11.8. The molecule has 0 atom stereocenters. The van der Waals surface area contributed by atoms with Gasteiger partial charge < -0.3 is 10.0 Å². The van der Waals surface area contributed by atoms with E-state index in [9.17, 15) is 13.2 Å². The van der Waals surface area contributed by atoms with Crippen molar-refractivity contribution in [1.29, 1.82) is 0 Å². The van der Waals surface area contributed by atoms with Crippen LogP contribution in [0.3, 0.4) is 0 Å². The number of rotatable bonds is 6. The number of carboxylic acid groups (broad SMARTS) is 1. The summed E-state index contributed by atoms with van der Waals surface area (Å²) in [5.41, 5.74) is 0.761. The Morgan fingerprint density at radius 3 is 2.76 bits per heavy atom. The van der Waals surface area contributed by atoms with E-state index in [0.29, 0.717) is 6.54 Å². The van der Waals surface area contributed by atoms with E-state index >= 15 is 0 Å². The van der Waals surface area contributed by atoms with Crippen LogP contribution in [0, 0.1) is 0 Å². The SMILES string of the molecule is CN(C)CCNS(=O)(=O)c1scnc1C(=O)O. The van der Waals surface area contributed by atoms with Gasteiger partial charge in [-0.3, -0.25) is 0 Å². The minimum atomic E-state index is -3.79. The van der Waals surface area contributed by atoms with E-state index in [1.807, 2.05) is 19.0 Å². The Morgan fingerprint density at radius 2 is 2.24 bits per heavy atom. The Hall–Kier alpha value is -1.03. The Labute approximate surface area is 103 Å². The van der Waals surface area contributed by atoms with Crippen molar-refractivity contribution in [2.75, 3.05) is 27.2 Å². The third kappa shape index (κ3) is 3.73. The average molecular weight is 279 g/mol. The van der Waals surface area contributed by atoms with Crippen LogP contribution < -0.4 is 4.72 Å². The number of aromatic nitrogens is 1. The lowest BCUT2D eigenvalue weighted by Gasteiger charge is -2.10. The summed E-state index contributed by atoms with van der Waals surface area (Å²) in [4.78, 5) is 16.1. The summed E-state index contributed by atoms with van der Waals surface area (Å²) in [5, 5.41) is 8.78. The summed E-state index contributed by atoms with van der Waals surface area (Å²) in [7, 11) is -0.171. The van der Waals surface area contributed by atoms with Gasteiger partial charge in [-0.05, 0) is 14.1 Å². The fourth-order valence-corrected chi connectivity index (χ4v) is 3.24. The van der Waals surface area contributed by atoms with Crippen molar-refractivity contribution in [2.45, 2.75) is 4.21 Å². The maximum Gasteiger partial charge on any atom is 0.356 e. The van der Waals surface area contributed by atoms with Crippen LogP contribution in [0.15, 0.2) is 9.72 Å². The molecule has 0 amide bonds. The number of aromatic carboxylic acids is 1. The summed E-state index contributed by atoms with van der Waals surface area (Å²) >= 11 is 0.788. The van der Waals surface area contributed by atoms with Crippen LogP contribution in [0.2, 0.25) is 0 Å². The highest BCUT2D eigenvalue weighted by Crippen LogP contribution is 2.19. The zero-order chi connectivity index (χ0) is 13.1. The summed E-state index contributed by atoms with van der Waals surface area (Å²) in [6.45, 7) is 0.743. The first kappa shape index (κ1) is 14.0. The van der Waals surface area contributed by atoms with Crippen molar-refractivity contribution in [3.05, 3.63) is 11.2 Å². The minimum Gasteiger partial charge on any atom is -0.476 e. The van der Waals surface area contributed by atoms with Gasteiger partial charge in [0.15, 0.2) is 9.90 Å². The number of carboxylic acids is 1. The number of carbonyl (C=O) groups is 1. The molecule has 0 radical (unpaired) electrons. The number of likely N-dealkylation sites (N-methyl/N-ethyl adjacent to an activating group) is 1. The Balaban J connectivity index is 2.83. The minimum absolute atomic E-state index is 0.215. The molecule has 17 heavy (non-hydrogen) atoms. The van der Waals surface area contributed by atoms with Gasteiger partial charge in [-0.25, -0.2) is 22.9 Å². The van der Waals surface area contributed by atoms with Gasteiger partial charge in [0.1, 0.15) is 0 Å². The monoisotopic (exact) mass is 279 g/mol. The molecule has 0 bridgehead atoms. The standard InChI is InChI=1S/C8H13N3O4S2/c1-11(2)4-3-10-17(14,15)8-6(7(12)13)9-5-16-8/h5,10H,3-4H2,1-2H3,(H,12,13). The largest absolute Gasteiger partial charge is 0.476 e. The number of sulfonamides is 1. The molecule has 0 saturated heterocycles. The molecule has 0 aliphatic carbocycles. The van der Waals surface area contributed by atoms with Crippen LogP contribution in [0.25, 0.3) is 0 Å². The van der Waals surface area contributed by atoms with Crippen molar-refractivity contribution in [3.8, 4) is 0 Å². The number of hydrogen-bond donors (Lipinski definition) is 2. The summed E-state index contributed by atoms with van der Waals surface area (Å²) in [6.07, 6.45) is 0.